The van der Waals surface area contributed by atoms with E-state index in [0.29, 0.717) is 6.42 Å². The number of hydrogen-bond acceptors (Lipinski definition) is 4. The second-order valence-corrected chi connectivity index (χ2v) is 6.53. The predicted molar refractivity (Wildman–Crippen MR) is 123 cm³/mol. The van der Waals surface area contributed by atoms with Crippen molar-refractivity contribution < 1.29 is 14.3 Å². The lowest BCUT2D eigenvalue weighted by Crippen LogP contribution is -2.43. The largest absolute Gasteiger partial charge is 0.446 e. The van der Waals surface area contributed by atoms with E-state index in [1.807, 2.05) is 102 Å². The molecule has 0 aliphatic carbocycles. The highest BCUT2D eigenvalue weighted by Gasteiger charge is 2.42. The van der Waals surface area contributed by atoms with Crippen molar-refractivity contribution in [2.45, 2.75) is 60.0 Å². The van der Waals surface area contributed by atoms with Gasteiger partial charge in [0.1, 0.15) is 12.6 Å². The van der Waals surface area contributed by atoms with E-state index in [9.17, 15) is 9.59 Å². The first-order chi connectivity index (χ1) is 14.6. The van der Waals surface area contributed by atoms with E-state index < -0.39 is 6.09 Å². The highest BCUT2D eigenvalue weighted by atomic mass is 16.6. The Bertz CT molecular complexity index is 750. The van der Waals surface area contributed by atoms with Crippen molar-refractivity contribution in [3.63, 3.8) is 0 Å². The van der Waals surface area contributed by atoms with Gasteiger partial charge < -0.3 is 10.1 Å². The van der Waals surface area contributed by atoms with Crippen molar-refractivity contribution in [3.8, 4) is 0 Å². The maximum absolute atomic E-state index is 13.2. The van der Waals surface area contributed by atoms with Crippen LogP contribution in [0.1, 0.15) is 59.6 Å². The smallest absolute Gasteiger partial charge is 0.417 e. The second-order valence-electron chi connectivity index (χ2n) is 6.53. The standard InChI is InChI=1S/C21H24N2O3.2C2H6/c1-3-18(15(2)22-17-12-8-5-9-13-17)20(24)23-19(14-26-21(23)25)16-10-6-4-7-11-16;2*1-2/h4-13,15,18-19,22H,3,14H2,1-2H3;2*1-2H3/t15-,18-,19-;;/m1../s1. The first kappa shape index (κ1) is 25.2. The van der Waals surface area contributed by atoms with Gasteiger partial charge in [0.05, 0.1) is 5.92 Å². The lowest BCUT2D eigenvalue weighted by atomic mass is 9.95. The summed E-state index contributed by atoms with van der Waals surface area (Å²) in [6, 6.07) is 18.8. The number of benzene rings is 2. The van der Waals surface area contributed by atoms with Crippen LogP contribution < -0.4 is 5.32 Å². The Balaban J connectivity index is 0.00000106. The molecule has 5 heteroatoms. The molecule has 1 aliphatic rings. The summed E-state index contributed by atoms with van der Waals surface area (Å²) in [6.45, 7) is 12.1. The average Bonchev–Trinajstić information content (AvgIpc) is 3.19. The molecule has 1 aliphatic heterocycles. The Labute approximate surface area is 181 Å². The van der Waals surface area contributed by atoms with Gasteiger partial charge in [0.15, 0.2) is 0 Å². The van der Waals surface area contributed by atoms with Crippen molar-refractivity contribution >= 4 is 17.7 Å². The van der Waals surface area contributed by atoms with Gasteiger partial charge in [0.2, 0.25) is 5.91 Å². The third kappa shape index (κ3) is 6.34. The summed E-state index contributed by atoms with van der Waals surface area (Å²) in [4.78, 5) is 26.7. The molecule has 1 heterocycles. The highest BCUT2D eigenvalue weighted by Crippen LogP contribution is 2.31. The van der Waals surface area contributed by atoms with Crippen LogP contribution in [0.3, 0.4) is 0 Å². The Hall–Kier alpha value is -2.82. The van der Waals surface area contributed by atoms with Crippen molar-refractivity contribution in [1.29, 1.82) is 0 Å². The Morgan fingerprint density at radius 1 is 1.03 bits per heavy atom. The Morgan fingerprint density at radius 2 is 1.57 bits per heavy atom. The lowest BCUT2D eigenvalue weighted by Gasteiger charge is -2.29. The van der Waals surface area contributed by atoms with Crippen LogP contribution >= 0.6 is 0 Å². The zero-order valence-electron chi connectivity index (χ0n) is 19.1. The molecule has 3 atom stereocenters. The van der Waals surface area contributed by atoms with Gasteiger partial charge in [-0.2, -0.15) is 0 Å². The normalized spacial score (nSPS) is 16.8. The summed E-state index contributed by atoms with van der Waals surface area (Å²) in [5.41, 5.74) is 1.86. The molecule has 164 valence electrons. The maximum Gasteiger partial charge on any atom is 0.417 e. The summed E-state index contributed by atoms with van der Waals surface area (Å²) in [7, 11) is 0. The third-order valence-electron chi connectivity index (χ3n) is 4.82. The van der Waals surface area contributed by atoms with Crippen LogP contribution in [0.4, 0.5) is 10.5 Å². The fourth-order valence-electron chi connectivity index (χ4n) is 3.40. The minimum atomic E-state index is -0.561. The molecule has 1 N–H and O–H groups in total. The van der Waals surface area contributed by atoms with E-state index in [4.69, 9.17) is 4.74 Å². The second kappa shape index (κ2) is 13.4. The van der Waals surface area contributed by atoms with Gasteiger partial charge in [-0.1, -0.05) is 83.1 Å². The number of nitrogens with zero attached hydrogens (tertiary/aromatic N) is 1. The fourth-order valence-corrected chi connectivity index (χ4v) is 3.40. The number of nitrogens with one attached hydrogen (secondary N) is 1. The molecule has 30 heavy (non-hydrogen) atoms. The van der Waals surface area contributed by atoms with Crippen LogP contribution in [-0.4, -0.2) is 29.5 Å². The van der Waals surface area contributed by atoms with Crippen LogP contribution in [0.15, 0.2) is 60.7 Å². The maximum atomic E-state index is 13.2. The molecule has 0 spiro atoms. The summed E-state index contributed by atoms with van der Waals surface area (Å²) in [5, 5.41) is 3.37. The minimum Gasteiger partial charge on any atom is -0.446 e. The predicted octanol–water partition coefficient (Wildman–Crippen LogP) is 6.29. The molecule has 2 amide bonds. The number of rotatable bonds is 6. The van der Waals surface area contributed by atoms with Gasteiger partial charge in [-0.25, -0.2) is 9.69 Å². The van der Waals surface area contributed by atoms with E-state index in [1.54, 1.807) is 0 Å². The van der Waals surface area contributed by atoms with Gasteiger partial charge in [-0.15, -0.1) is 0 Å². The Morgan fingerprint density at radius 3 is 2.10 bits per heavy atom. The van der Waals surface area contributed by atoms with Gasteiger partial charge in [0, 0.05) is 11.7 Å². The van der Waals surface area contributed by atoms with Gasteiger partial charge in [-0.3, -0.25) is 4.79 Å². The molecule has 0 bridgehead atoms. The van der Waals surface area contributed by atoms with Crippen LogP contribution in [-0.2, 0) is 9.53 Å². The molecule has 2 aromatic rings. The Kier molecular flexibility index (Phi) is 11.3. The number of carbonyl (C=O) groups excluding carboxylic acids is 2. The van der Waals surface area contributed by atoms with Crippen LogP contribution in [0.25, 0.3) is 0 Å². The molecule has 1 saturated heterocycles. The van der Waals surface area contributed by atoms with Crippen molar-refractivity contribution in [1.82, 2.24) is 4.90 Å². The molecule has 0 saturated carbocycles. The molecule has 3 rings (SSSR count). The number of imide groups is 1. The lowest BCUT2D eigenvalue weighted by molar-refractivity contribution is -0.134. The average molecular weight is 413 g/mol. The molecular weight excluding hydrogens is 376 g/mol. The van der Waals surface area contributed by atoms with Gasteiger partial charge in [0.25, 0.3) is 0 Å². The van der Waals surface area contributed by atoms with Crippen LogP contribution in [0.2, 0.25) is 0 Å². The topological polar surface area (TPSA) is 58.6 Å². The van der Waals surface area contributed by atoms with E-state index in [1.165, 1.54) is 4.90 Å². The van der Waals surface area contributed by atoms with Crippen LogP contribution in [0, 0.1) is 5.92 Å². The number of cyclic esters (lactones) is 1. The van der Waals surface area contributed by atoms with Crippen molar-refractivity contribution in [2.75, 3.05) is 11.9 Å². The molecular formula is C25H36N2O3. The monoisotopic (exact) mass is 412 g/mol. The minimum absolute atomic E-state index is 0.111. The number of ether oxygens (including phenoxy) is 1. The highest BCUT2D eigenvalue weighted by molar-refractivity contribution is 5.95. The number of amides is 2. The molecule has 5 nitrogen and oxygen atoms in total. The molecule has 0 aromatic heterocycles. The van der Waals surface area contributed by atoms with E-state index in [-0.39, 0.29) is 30.5 Å². The third-order valence-corrected chi connectivity index (χ3v) is 4.82. The molecule has 1 fully saturated rings. The number of para-hydroxylation sites is 1. The van der Waals surface area contributed by atoms with E-state index in [0.717, 1.165) is 11.3 Å². The first-order valence-electron chi connectivity index (χ1n) is 11.0. The summed E-state index contributed by atoms with van der Waals surface area (Å²) < 4.78 is 5.19. The molecule has 2 aromatic carbocycles. The quantitative estimate of drug-likeness (QED) is 0.606. The van der Waals surface area contributed by atoms with Crippen LogP contribution in [0.5, 0.6) is 0 Å². The zero-order valence-corrected chi connectivity index (χ0v) is 19.1. The zero-order chi connectivity index (χ0) is 22.5. The fraction of sp³-hybridized carbons (Fsp3) is 0.440. The summed E-state index contributed by atoms with van der Waals surface area (Å²) in [5.74, 6) is -0.521. The SMILES string of the molecule is CC.CC.CC[C@@H](C(=O)N1C(=O)OC[C@@H]1c1ccccc1)[C@@H](C)Nc1ccccc1. The van der Waals surface area contributed by atoms with Crippen molar-refractivity contribution in [3.05, 3.63) is 66.2 Å². The van der Waals surface area contributed by atoms with E-state index in [2.05, 4.69) is 5.32 Å². The number of anilines is 1. The molecule has 0 unspecified atom stereocenters. The van der Waals surface area contributed by atoms with E-state index >= 15 is 0 Å². The first-order valence-corrected chi connectivity index (χ1v) is 11.0. The number of carbonyl (C=O) groups is 2. The van der Waals surface area contributed by atoms with Gasteiger partial charge >= 0.3 is 6.09 Å². The number of hydrogen-bond donors (Lipinski definition) is 1. The summed E-state index contributed by atoms with van der Waals surface area (Å²) in [6.07, 6.45) is 0.0692. The van der Waals surface area contributed by atoms with Gasteiger partial charge in [-0.05, 0) is 31.0 Å². The molecule has 0 radical (unpaired) electrons. The summed E-state index contributed by atoms with van der Waals surface area (Å²) >= 11 is 0. The van der Waals surface area contributed by atoms with Crippen molar-refractivity contribution in [2.24, 2.45) is 5.92 Å².